The molecule has 6 heteroatoms. The lowest BCUT2D eigenvalue weighted by Crippen LogP contribution is -2.34. The van der Waals surface area contributed by atoms with Crippen molar-refractivity contribution in [1.29, 1.82) is 0 Å². The number of aromatic nitrogens is 2. The topological polar surface area (TPSA) is 67.2 Å². The predicted molar refractivity (Wildman–Crippen MR) is 102 cm³/mol. The summed E-state index contributed by atoms with van der Waals surface area (Å²) >= 11 is 0. The molecule has 1 amide bonds. The number of carbonyl (C=O) groups is 1. The molecule has 0 saturated carbocycles. The SMILES string of the molecule is CNC(=O)c1nn(CN(C)Cc2ccc(C)cc2)c(=O)c2ccccc12. The minimum atomic E-state index is -0.309. The number of nitrogens with zero attached hydrogens (tertiary/aromatic N) is 3. The van der Waals surface area contributed by atoms with E-state index in [1.807, 2.05) is 18.9 Å². The van der Waals surface area contributed by atoms with Gasteiger partial charge in [-0.05, 0) is 25.6 Å². The molecule has 3 aromatic rings. The Bertz CT molecular complexity index is 993. The van der Waals surface area contributed by atoms with E-state index in [9.17, 15) is 9.59 Å². The minimum absolute atomic E-state index is 0.205. The molecule has 0 aliphatic carbocycles. The highest BCUT2D eigenvalue weighted by Crippen LogP contribution is 2.13. The highest BCUT2D eigenvalue weighted by Gasteiger charge is 2.16. The summed E-state index contributed by atoms with van der Waals surface area (Å²) in [5, 5.41) is 7.96. The molecule has 0 spiro atoms. The van der Waals surface area contributed by atoms with Gasteiger partial charge in [-0.1, -0.05) is 48.0 Å². The van der Waals surface area contributed by atoms with E-state index in [1.165, 1.54) is 10.2 Å². The molecule has 0 atom stereocenters. The monoisotopic (exact) mass is 350 g/mol. The molecule has 3 rings (SSSR count). The molecular formula is C20H22N4O2. The fraction of sp³-hybridized carbons (Fsp3) is 0.250. The lowest BCUT2D eigenvalue weighted by Gasteiger charge is -2.18. The summed E-state index contributed by atoms with van der Waals surface area (Å²) < 4.78 is 1.35. The molecule has 0 unspecified atom stereocenters. The number of carbonyl (C=O) groups excluding carboxylic acids is 1. The zero-order valence-corrected chi connectivity index (χ0v) is 15.2. The third-order valence-corrected chi connectivity index (χ3v) is 4.26. The van der Waals surface area contributed by atoms with Gasteiger partial charge in [0, 0.05) is 19.0 Å². The zero-order valence-electron chi connectivity index (χ0n) is 15.2. The lowest BCUT2D eigenvalue weighted by atomic mass is 10.1. The average Bonchev–Trinajstić information content (AvgIpc) is 2.65. The predicted octanol–water partition coefficient (Wildman–Crippen LogP) is 2.15. The van der Waals surface area contributed by atoms with Crippen LogP contribution in [-0.4, -0.2) is 34.7 Å². The van der Waals surface area contributed by atoms with E-state index in [0.29, 0.717) is 24.0 Å². The summed E-state index contributed by atoms with van der Waals surface area (Å²) in [5.74, 6) is -0.309. The Morgan fingerprint density at radius 3 is 2.42 bits per heavy atom. The van der Waals surface area contributed by atoms with Crippen LogP contribution in [0.3, 0.4) is 0 Å². The molecule has 0 fully saturated rings. The van der Waals surface area contributed by atoms with Gasteiger partial charge in [-0.25, -0.2) is 4.68 Å². The van der Waals surface area contributed by atoms with Gasteiger partial charge in [0.15, 0.2) is 5.69 Å². The Balaban J connectivity index is 1.94. The highest BCUT2D eigenvalue weighted by molar-refractivity contribution is 6.04. The molecule has 0 radical (unpaired) electrons. The van der Waals surface area contributed by atoms with Crippen LogP contribution in [0.4, 0.5) is 0 Å². The van der Waals surface area contributed by atoms with Gasteiger partial charge in [-0.3, -0.25) is 14.5 Å². The molecule has 134 valence electrons. The normalized spacial score (nSPS) is 11.1. The van der Waals surface area contributed by atoms with Gasteiger partial charge in [-0.15, -0.1) is 0 Å². The smallest absolute Gasteiger partial charge is 0.275 e. The molecule has 26 heavy (non-hydrogen) atoms. The maximum atomic E-state index is 12.8. The highest BCUT2D eigenvalue weighted by atomic mass is 16.2. The van der Waals surface area contributed by atoms with E-state index in [4.69, 9.17) is 0 Å². The summed E-state index contributed by atoms with van der Waals surface area (Å²) in [5.41, 5.74) is 2.41. The standard InChI is InChI=1S/C20H22N4O2/c1-14-8-10-15(11-9-14)12-23(3)13-24-20(26)17-7-5-4-6-16(17)18(22-24)19(25)21-2/h4-11H,12-13H2,1-3H3,(H,21,25). The largest absolute Gasteiger partial charge is 0.354 e. The third-order valence-electron chi connectivity index (χ3n) is 4.26. The third kappa shape index (κ3) is 3.65. The molecule has 1 aromatic heterocycles. The molecule has 2 aromatic carbocycles. The van der Waals surface area contributed by atoms with E-state index in [-0.39, 0.29) is 17.2 Å². The van der Waals surface area contributed by atoms with Gasteiger partial charge in [0.1, 0.15) is 0 Å². The van der Waals surface area contributed by atoms with Crippen LogP contribution in [0.25, 0.3) is 10.8 Å². The van der Waals surface area contributed by atoms with Crippen molar-refractivity contribution in [3.05, 3.63) is 75.7 Å². The fourth-order valence-electron chi connectivity index (χ4n) is 2.90. The number of aryl methyl sites for hydroxylation is 1. The number of hydrogen-bond acceptors (Lipinski definition) is 4. The van der Waals surface area contributed by atoms with E-state index in [0.717, 1.165) is 5.56 Å². The summed E-state index contributed by atoms with van der Waals surface area (Å²) in [6.45, 7) is 3.02. The molecule has 0 aliphatic heterocycles. The molecule has 0 saturated heterocycles. The second-order valence-corrected chi connectivity index (χ2v) is 6.42. The second kappa shape index (κ2) is 7.49. The van der Waals surface area contributed by atoms with Gasteiger partial charge >= 0.3 is 0 Å². The lowest BCUT2D eigenvalue weighted by molar-refractivity contribution is 0.0956. The maximum Gasteiger partial charge on any atom is 0.275 e. The van der Waals surface area contributed by atoms with Gasteiger partial charge in [0.25, 0.3) is 11.5 Å². The molecule has 1 heterocycles. The van der Waals surface area contributed by atoms with Crippen molar-refractivity contribution < 1.29 is 4.79 Å². The molecule has 1 N–H and O–H groups in total. The van der Waals surface area contributed by atoms with E-state index >= 15 is 0 Å². The Hall–Kier alpha value is -2.99. The first-order chi connectivity index (χ1) is 12.5. The van der Waals surface area contributed by atoms with Crippen LogP contribution in [0.1, 0.15) is 21.6 Å². The number of nitrogens with one attached hydrogen (secondary N) is 1. The zero-order chi connectivity index (χ0) is 18.7. The number of fused-ring (bicyclic) bond motifs is 1. The van der Waals surface area contributed by atoms with Crippen molar-refractivity contribution in [1.82, 2.24) is 20.0 Å². The van der Waals surface area contributed by atoms with E-state index < -0.39 is 0 Å². The molecule has 0 aliphatic rings. The molecule has 0 bridgehead atoms. The first-order valence-electron chi connectivity index (χ1n) is 8.45. The summed E-state index contributed by atoms with van der Waals surface area (Å²) in [6, 6.07) is 15.3. The summed E-state index contributed by atoms with van der Waals surface area (Å²) in [4.78, 5) is 27.0. The van der Waals surface area contributed by atoms with Crippen LogP contribution in [0.5, 0.6) is 0 Å². The quantitative estimate of drug-likeness (QED) is 0.766. The van der Waals surface area contributed by atoms with Crippen LogP contribution < -0.4 is 10.9 Å². The Kier molecular flexibility index (Phi) is 5.14. The number of benzene rings is 2. The van der Waals surface area contributed by atoms with Gasteiger partial charge in [0.2, 0.25) is 0 Å². The van der Waals surface area contributed by atoms with Gasteiger partial charge in [0.05, 0.1) is 12.1 Å². The van der Waals surface area contributed by atoms with Crippen LogP contribution in [0, 0.1) is 6.92 Å². The van der Waals surface area contributed by atoms with Crippen molar-refractivity contribution in [2.24, 2.45) is 0 Å². The van der Waals surface area contributed by atoms with Gasteiger partial charge in [-0.2, -0.15) is 5.10 Å². The Morgan fingerprint density at radius 1 is 1.12 bits per heavy atom. The van der Waals surface area contributed by atoms with Crippen molar-refractivity contribution in [2.45, 2.75) is 20.1 Å². The fourth-order valence-corrected chi connectivity index (χ4v) is 2.90. The van der Waals surface area contributed by atoms with Crippen LogP contribution in [0.2, 0.25) is 0 Å². The Labute approximate surface area is 152 Å². The van der Waals surface area contributed by atoms with Crippen molar-refractivity contribution in [2.75, 3.05) is 14.1 Å². The molecule has 6 nitrogen and oxygen atoms in total. The first kappa shape index (κ1) is 17.8. The summed E-state index contributed by atoms with van der Waals surface area (Å²) in [7, 11) is 3.47. The van der Waals surface area contributed by atoms with Gasteiger partial charge < -0.3 is 5.32 Å². The summed E-state index contributed by atoms with van der Waals surface area (Å²) in [6.07, 6.45) is 0. The van der Waals surface area contributed by atoms with Crippen LogP contribution in [0.15, 0.2) is 53.3 Å². The Morgan fingerprint density at radius 2 is 1.77 bits per heavy atom. The van der Waals surface area contributed by atoms with Crippen LogP contribution >= 0.6 is 0 Å². The minimum Gasteiger partial charge on any atom is -0.354 e. The number of hydrogen-bond donors (Lipinski definition) is 1. The second-order valence-electron chi connectivity index (χ2n) is 6.42. The van der Waals surface area contributed by atoms with Crippen molar-refractivity contribution >= 4 is 16.7 Å². The van der Waals surface area contributed by atoms with E-state index in [1.54, 1.807) is 31.3 Å². The number of rotatable bonds is 5. The van der Waals surface area contributed by atoms with E-state index in [2.05, 4.69) is 34.7 Å². The number of amides is 1. The van der Waals surface area contributed by atoms with Crippen LogP contribution in [-0.2, 0) is 13.2 Å². The first-order valence-corrected chi connectivity index (χ1v) is 8.45. The molecular weight excluding hydrogens is 328 g/mol. The average molecular weight is 350 g/mol. The maximum absolute atomic E-state index is 12.8. The van der Waals surface area contributed by atoms with Crippen molar-refractivity contribution in [3.8, 4) is 0 Å². The van der Waals surface area contributed by atoms with Crippen molar-refractivity contribution in [3.63, 3.8) is 0 Å².